The summed E-state index contributed by atoms with van der Waals surface area (Å²) in [6.45, 7) is 5.93. The number of hydrogen-bond donors (Lipinski definition) is 7. The van der Waals surface area contributed by atoms with Crippen molar-refractivity contribution in [3.63, 3.8) is 0 Å². The largest absolute Gasteiger partial charge is 2.00 e. The first-order chi connectivity index (χ1) is 18.3. The van der Waals surface area contributed by atoms with Crippen molar-refractivity contribution in [2.24, 2.45) is 17.6 Å². The predicted octanol–water partition coefficient (Wildman–Crippen LogP) is -2.33. The molecular weight excluding hydrogens is 594 g/mol. The molecule has 0 unspecified atom stereocenters. The van der Waals surface area contributed by atoms with E-state index < -0.39 is 81.1 Å². The minimum atomic E-state index is -3.02. The van der Waals surface area contributed by atoms with Crippen molar-refractivity contribution in [1.29, 1.82) is 0 Å². The summed E-state index contributed by atoms with van der Waals surface area (Å²) in [5.41, 5.74) is -1.78. The number of carbonyl (C=O) groups excluding carboxylic acids is 3. The van der Waals surface area contributed by atoms with Crippen LogP contribution < -0.4 is 5.73 Å². The fraction of sp³-hybridized carbons (Fsp3) is 0.464. The van der Waals surface area contributed by atoms with E-state index in [1.807, 2.05) is 6.08 Å². The first-order valence-electron chi connectivity index (χ1n) is 12.6. The van der Waals surface area contributed by atoms with Gasteiger partial charge in [-0.05, 0) is 38.7 Å². The normalized spacial score (nSPS) is 29.4. The summed E-state index contributed by atoms with van der Waals surface area (Å²) in [5.74, 6) is -9.67. The van der Waals surface area contributed by atoms with E-state index in [0.717, 1.165) is 11.0 Å². The molecule has 12 N–H and O–H groups in total. The maximum Gasteiger partial charge on any atom is 2.00 e. The van der Waals surface area contributed by atoms with Crippen molar-refractivity contribution in [2.45, 2.75) is 30.3 Å². The Morgan fingerprint density at radius 1 is 1.14 bits per heavy atom. The molecule has 3 aliphatic rings. The molecule has 1 amide bonds. The monoisotopic (exact) mass is 638 g/mol. The van der Waals surface area contributed by atoms with Crippen molar-refractivity contribution in [3.05, 3.63) is 58.9 Å². The molecule has 0 bridgehead atoms. The number of quaternary nitrogens is 1. The van der Waals surface area contributed by atoms with Crippen LogP contribution in [-0.2, 0) is 20.0 Å². The van der Waals surface area contributed by atoms with Crippen LogP contribution in [0, 0.1) is 11.8 Å². The Hall–Kier alpha value is -2.37. The summed E-state index contributed by atoms with van der Waals surface area (Å²) in [6, 6.07) is 2.50. The summed E-state index contributed by atoms with van der Waals surface area (Å²) in [4.78, 5) is 39.9. The molecule has 14 nitrogen and oxygen atoms in total. The summed E-state index contributed by atoms with van der Waals surface area (Å²) < 4.78 is 0.976. The molecule has 4 rings (SSSR count). The number of amides is 1. The second-order valence-electron chi connectivity index (χ2n) is 11.8. The topological polar surface area (TPSA) is 265 Å². The summed E-state index contributed by atoms with van der Waals surface area (Å²) in [7, 11) is 9.22. The molecule has 1 fully saturated rings. The Balaban J connectivity index is -0.00000133. The molecule has 3 aliphatic carbocycles. The van der Waals surface area contributed by atoms with E-state index in [-0.39, 0.29) is 62.7 Å². The SMILES string of the molecule is C=CC[N+](C)(C)C.CN(C)[C@@H]1C(=O)C(C(N)=O)=C(O)[C@@]2(O)C(=O)C3=C(O)c4c(O)cccc4[C@@](C)(O)[C@H]3[C@H](O)[C@@H]12.O.O.[Ca+2].[H-].[H-]. The fourth-order valence-electron chi connectivity index (χ4n) is 5.98. The van der Waals surface area contributed by atoms with E-state index in [0.29, 0.717) is 0 Å². The van der Waals surface area contributed by atoms with Gasteiger partial charge in [-0.15, -0.1) is 0 Å². The third-order valence-electron chi connectivity index (χ3n) is 7.71. The van der Waals surface area contributed by atoms with Gasteiger partial charge in [-0.25, -0.2) is 0 Å². The number of primary amides is 1. The van der Waals surface area contributed by atoms with Crippen molar-refractivity contribution >= 4 is 61.0 Å². The number of fused-ring (bicyclic) bond motifs is 3. The first kappa shape index (κ1) is 40.6. The van der Waals surface area contributed by atoms with E-state index in [1.54, 1.807) is 0 Å². The van der Waals surface area contributed by atoms with Crippen LogP contribution in [0.3, 0.4) is 0 Å². The molecule has 0 spiro atoms. The second-order valence-corrected chi connectivity index (χ2v) is 11.8. The van der Waals surface area contributed by atoms with Crippen molar-refractivity contribution < 1.29 is 63.3 Å². The summed E-state index contributed by atoms with van der Waals surface area (Å²) in [5, 5.41) is 66.3. The molecule has 43 heavy (non-hydrogen) atoms. The van der Waals surface area contributed by atoms with Gasteiger partial charge >= 0.3 is 37.7 Å². The van der Waals surface area contributed by atoms with Crippen molar-refractivity contribution in [2.75, 3.05) is 41.8 Å². The Morgan fingerprint density at radius 2 is 1.67 bits per heavy atom. The van der Waals surface area contributed by atoms with Gasteiger partial charge in [0.05, 0.1) is 68.4 Å². The van der Waals surface area contributed by atoms with E-state index in [1.165, 1.54) is 44.1 Å². The number of hydrogen-bond acceptors (Lipinski definition) is 10. The van der Waals surface area contributed by atoms with Crippen LogP contribution in [0.1, 0.15) is 20.9 Å². The van der Waals surface area contributed by atoms with E-state index >= 15 is 0 Å². The van der Waals surface area contributed by atoms with Gasteiger partial charge in [0.1, 0.15) is 22.8 Å². The van der Waals surface area contributed by atoms with Crippen LogP contribution in [0.25, 0.3) is 5.76 Å². The zero-order valence-corrected chi connectivity index (χ0v) is 27.3. The van der Waals surface area contributed by atoms with Gasteiger partial charge in [0.15, 0.2) is 11.4 Å². The van der Waals surface area contributed by atoms with Gasteiger partial charge in [-0.2, -0.15) is 0 Å². The smallest absolute Gasteiger partial charge is 1.00 e. The zero-order chi connectivity index (χ0) is 30.7. The van der Waals surface area contributed by atoms with Gasteiger partial charge in [-0.1, -0.05) is 18.7 Å². The Morgan fingerprint density at radius 3 is 2.09 bits per heavy atom. The number of likely N-dealkylation sites (N-methyl/N-ethyl adjacent to an activating group) is 2. The first-order valence-corrected chi connectivity index (χ1v) is 12.6. The number of carbonyl (C=O) groups is 3. The number of nitrogens with zero attached hydrogens (tertiary/aromatic N) is 2. The minimum Gasteiger partial charge on any atom is -1.00 e. The number of nitrogens with two attached hydrogens (primary N) is 1. The number of aliphatic hydroxyl groups is 5. The van der Waals surface area contributed by atoms with Crippen LogP contribution in [-0.4, -0.2) is 166 Å². The fourth-order valence-corrected chi connectivity index (χ4v) is 5.98. The summed E-state index contributed by atoms with van der Waals surface area (Å²) in [6.07, 6.45) is 0.0586. The van der Waals surface area contributed by atoms with E-state index in [9.17, 15) is 45.0 Å². The number of Topliss-reactive ketones (excluding diaryl/α,β-unsaturated/α-hetero) is 2. The molecule has 1 aromatic carbocycles. The molecule has 1 aromatic rings. The Bertz CT molecular complexity index is 1360. The van der Waals surface area contributed by atoms with Gasteiger partial charge in [0.2, 0.25) is 5.78 Å². The zero-order valence-electron chi connectivity index (χ0n) is 27.1. The number of aromatic hydroxyl groups is 1. The second kappa shape index (κ2) is 13.7. The predicted molar refractivity (Wildman–Crippen MR) is 160 cm³/mol. The Labute approximate surface area is 282 Å². The van der Waals surface area contributed by atoms with Gasteiger partial charge in [-0.3, -0.25) is 19.3 Å². The molecular formula is C28H44CaN3O11+. The molecule has 15 heteroatoms. The van der Waals surface area contributed by atoms with Crippen LogP contribution in [0.4, 0.5) is 0 Å². The molecule has 0 aliphatic heterocycles. The van der Waals surface area contributed by atoms with Crippen LogP contribution in [0.2, 0.25) is 0 Å². The van der Waals surface area contributed by atoms with Crippen molar-refractivity contribution in [3.8, 4) is 5.75 Å². The summed E-state index contributed by atoms with van der Waals surface area (Å²) >= 11 is 0. The standard InChI is InChI=1S/C22H24N2O9.C6H14N.Ca.2H2O.2H/c1-21(32)7-5-4-6-8(25)9(7)15(26)10-12(21)17(28)13-14(24(2)3)16(27)11(20(23)31)19(30)22(13,33)18(10)29;1-5-6-7(2,3)4;;;;;/h4-6,12-14,17,25-26,28,30,32-33H,1-3H3,(H2,23,31);5H,1,6H2,2-4H3;;2*1H2;;/q;+1;+2;;;2*-1/t12-,13-,14+,17+,21-,22+;;;;;;/m1....../s1. The molecule has 6 atom stereocenters. The van der Waals surface area contributed by atoms with E-state index in [2.05, 4.69) is 27.7 Å². The molecule has 0 saturated heterocycles. The third kappa shape index (κ3) is 6.40. The van der Waals surface area contributed by atoms with Crippen LogP contribution in [0.15, 0.2) is 47.8 Å². The van der Waals surface area contributed by atoms with E-state index in [4.69, 9.17) is 5.73 Å². The third-order valence-corrected chi connectivity index (χ3v) is 7.71. The number of phenols is 1. The maximum atomic E-state index is 13.7. The maximum absolute atomic E-state index is 13.7. The number of phenolic OH excluding ortho intramolecular Hbond substituents is 1. The van der Waals surface area contributed by atoms with Crippen LogP contribution >= 0.6 is 0 Å². The number of rotatable bonds is 4. The molecule has 1 saturated carbocycles. The Kier molecular flexibility index (Phi) is 13.0. The van der Waals surface area contributed by atoms with Crippen LogP contribution in [0.5, 0.6) is 5.75 Å². The number of aliphatic hydroxyl groups excluding tert-OH is 3. The van der Waals surface area contributed by atoms with Gasteiger partial charge < -0.3 is 54.7 Å². The number of ketones is 2. The molecule has 238 valence electrons. The molecule has 0 radical (unpaired) electrons. The van der Waals surface area contributed by atoms with Gasteiger partial charge in [0, 0.05) is 0 Å². The number of benzene rings is 1. The molecule has 0 aromatic heterocycles. The minimum absolute atomic E-state index is 0. The molecule has 0 heterocycles. The average molecular weight is 639 g/mol. The quantitative estimate of drug-likeness (QED) is 0.0800. The van der Waals surface area contributed by atoms with Crippen molar-refractivity contribution in [1.82, 2.24) is 4.90 Å². The van der Waals surface area contributed by atoms with Gasteiger partial charge in [0.25, 0.3) is 5.91 Å². The average Bonchev–Trinajstić information content (AvgIpc) is 2.81.